The average Bonchev–Trinajstić information content (AvgIpc) is 3.21. The van der Waals surface area contributed by atoms with Crippen molar-refractivity contribution in [3.05, 3.63) is 79.2 Å². The smallest absolute Gasteiger partial charge is 0.333 e. The standard InChI is InChI=1S/C22H27ClF2N4O5Si/c1-35(2,3)9-8-33-13-29-16(21(24)25)10-20(31)28(22(29)32)12-19-26-18(27-34-19)11-17(30)14-4-6-15(23)7-5-14/h4-7,10,17,21,30H,8-9,11-13H2,1-3H3. The van der Waals surface area contributed by atoms with Gasteiger partial charge in [0.15, 0.2) is 5.82 Å². The Kier molecular flexibility index (Phi) is 8.75. The van der Waals surface area contributed by atoms with Gasteiger partial charge < -0.3 is 14.4 Å². The van der Waals surface area contributed by atoms with Crippen molar-refractivity contribution in [2.75, 3.05) is 6.61 Å². The first-order valence-electron chi connectivity index (χ1n) is 10.9. The van der Waals surface area contributed by atoms with Gasteiger partial charge in [-0.15, -0.1) is 0 Å². The second-order valence-corrected chi connectivity index (χ2v) is 15.3. The van der Waals surface area contributed by atoms with Crippen molar-refractivity contribution >= 4 is 19.7 Å². The van der Waals surface area contributed by atoms with Crippen LogP contribution >= 0.6 is 11.6 Å². The van der Waals surface area contributed by atoms with Crippen molar-refractivity contribution in [1.29, 1.82) is 0 Å². The van der Waals surface area contributed by atoms with Gasteiger partial charge in [0, 0.05) is 32.2 Å². The van der Waals surface area contributed by atoms with E-state index in [0.29, 0.717) is 23.3 Å². The summed E-state index contributed by atoms with van der Waals surface area (Å²) in [6.07, 6.45) is -3.95. The zero-order valence-corrected chi connectivity index (χ0v) is 21.3. The Morgan fingerprint density at radius 3 is 2.49 bits per heavy atom. The number of ether oxygens (including phenoxy) is 1. The van der Waals surface area contributed by atoms with Gasteiger partial charge >= 0.3 is 5.69 Å². The molecule has 13 heteroatoms. The lowest BCUT2D eigenvalue weighted by Gasteiger charge is -2.17. The molecule has 0 saturated carbocycles. The van der Waals surface area contributed by atoms with Crippen molar-refractivity contribution in [3.63, 3.8) is 0 Å². The van der Waals surface area contributed by atoms with Gasteiger partial charge in [0.25, 0.3) is 12.0 Å². The molecule has 2 heterocycles. The summed E-state index contributed by atoms with van der Waals surface area (Å²) in [5.74, 6) is 0.0632. The second-order valence-electron chi connectivity index (χ2n) is 9.23. The third kappa shape index (κ3) is 7.40. The molecule has 3 rings (SSSR count). The minimum absolute atomic E-state index is 0.0134. The van der Waals surface area contributed by atoms with Crippen LogP contribution in [0.1, 0.15) is 35.5 Å². The van der Waals surface area contributed by atoms with Crippen LogP contribution in [0.15, 0.2) is 44.4 Å². The van der Waals surface area contributed by atoms with Crippen LogP contribution in [0.4, 0.5) is 8.78 Å². The van der Waals surface area contributed by atoms with E-state index in [1.165, 1.54) is 0 Å². The highest BCUT2D eigenvalue weighted by atomic mass is 35.5. The molecule has 0 aliphatic carbocycles. The first-order valence-corrected chi connectivity index (χ1v) is 15.0. The Hall–Kier alpha value is -2.67. The lowest BCUT2D eigenvalue weighted by molar-refractivity contribution is 0.0649. The summed E-state index contributed by atoms with van der Waals surface area (Å²) >= 11 is 5.85. The topological polar surface area (TPSA) is 112 Å². The van der Waals surface area contributed by atoms with Crippen LogP contribution in [-0.2, 0) is 24.4 Å². The number of benzene rings is 1. The molecule has 1 unspecified atom stereocenters. The second kappa shape index (κ2) is 11.4. The first kappa shape index (κ1) is 26.9. The van der Waals surface area contributed by atoms with E-state index in [1.807, 2.05) is 0 Å². The first-order chi connectivity index (χ1) is 16.4. The molecule has 0 saturated heterocycles. The van der Waals surface area contributed by atoms with E-state index in [-0.39, 0.29) is 18.1 Å². The Labute approximate surface area is 205 Å². The fourth-order valence-electron chi connectivity index (χ4n) is 3.17. The third-order valence-electron chi connectivity index (χ3n) is 5.19. The van der Waals surface area contributed by atoms with Crippen LogP contribution in [0.3, 0.4) is 0 Å². The van der Waals surface area contributed by atoms with E-state index in [1.54, 1.807) is 24.3 Å². The molecule has 35 heavy (non-hydrogen) atoms. The zero-order chi connectivity index (χ0) is 25.8. The van der Waals surface area contributed by atoms with Crippen molar-refractivity contribution in [1.82, 2.24) is 19.3 Å². The van der Waals surface area contributed by atoms with E-state index in [9.17, 15) is 23.5 Å². The summed E-state index contributed by atoms with van der Waals surface area (Å²) < 4.78 is 39.0. The molecule has 0 spiro atoms. The predicted molar refractivity (Wildman–Crippen MR) is 128 cm³/mol. The maximum Gasteiger partial charge on any atom is 0.333 e. The molecule has 1 N–H and O–H groups in total. The molecule has 0 bridgehead atoms. The van der Waals surface area contributed by atoms with Crippen LogP contribution in [0, 0.1) is 0 Å². The summed E-state index contributed by atoms with van der Waals surface area (Å²) in [7, 11) is -1.42. The molecular weight excluding hydrogens is 502 g/mol. The Morgan fingerprint density at radius 1 is 1.17 bits per heavy atom. The van der Waals surface area contributed by atoms with Crippen LogP contribution < -0.4 is 11.2 Å². The van der Waals surface area contributed by atoms with Gasteiger partial charge in [0.2, 0.25) is 5.89 Å². The van der Waals surface area contributed by atoms with E-state index in [0.717, 1.165) is 15.2 Å². The highest BCUT2D eigenvalue weighted by molar-refractivity contribution is 6.76. The molecule has 0 radical (unpaired) electrons. The minimum Gasteiger partial charge on any atom is -0.388 e. The molecule has 190 valence electrons. The molecule has 0 amide bonds. The monoisotopic (exact) mass is 528 g/mol. The predicted octanol–water partition coefficient (Wildman–Crippen LogP) is 3.62. The molecule has 1 atom stereocenters. The Morgan fingerprint density at radius 2 is 1.86 bits per heavy atom. The summed E-state index contributed by atoms with van der Waals surface area (Å²) in [5.41, 5.74) is -2.02. The Bertz CT molecular complexity index is 1250. The van der Waals surface area contributed by atoms with Crippen LogP contribution in [0.5, 0.6) is 0 Å². The molecule has 9 nitrogen and oxygen atoms in total. The minimum atomic E-state index is -3.03. The third-order valence-corrected chi connectivity index (χ3v) is 7.14. The number of aromatic nitrogens is 4. The lowest BCUT2D eigenvalue weighted by atomic mass is 10.1. The van der Waals surface area contributed by atoms with Crippen LogP contribution in [0.25, 0.3) is 0 Å². The molecule has 0 aliphatic rings. The van der Waals surface area contributed by atoms with Crippen molar-refractivity contribution < 1.29 is 23.1 Å². The summed E-state index contributed by atoms with van der Waals surface area (Å²) in [4.78, 5) is 29.4. The van der Waals surface area contributed by atoms with Gasteiger partial charge in [-0.2, -0.15) is 4.98 Å². The number of aliphatic hydroxyl groups excluding tert-OH is 1. The van der Waals surface area contributed by atoms with Gasteiger partial charge in [-0.3, -0.25) is 13.9 Å². The molecule has 3 aromatic rings. The SMILES string of the molecule is C[Si](C)(C)CCOCn1c(C(F)F)cc(=O)n(Cc2nc(CC(O)c3ccc(Cl)cc3)no2)c1=O. The normalized spacial score (nSPS) is 12.9. The van der Waals surface area contributed by atoms with E-state index < -0.39 is 50.8 Å². The number of hydrogen-bond acceptors (Lipinski definition) is 7. The number of alkyl halides is 2. The number of nitrogens with zero attached hydrogens (tertiary/aromatic N) is 4. The maximum absolute atomic E-state index is 13.5. The van der Waals surface area contributed by atoms with E-state index in [2.05, 4.69) is 29.8 Å². The molecular formula is C22H27ClF2N4O5Si. The quantitative estimate of drug-likeness (QED) is 0.299. The highest BCUT2D eigenvalue weighted by Gasteiger charge is 2.21. The van der Waals surface area contributed by atoms with Gasteiger partial charge in [-0.1, -0.05) is 48.5 Å². The van der Waals surface area contributed by atoms with Crippen molar-refractivity contribution in [2.45, 2.75) is 57.9 Å². The molecule has 0 aliphatic heterocycles. The van der Waals surface area contributed by atoms with E-state index in [4.69, 9.17) is 20.9 Å². The molecule has 2 aromatic heterocycles. The molecule has 1 aromatic carbocycles. The fourth-order valence-corrected chi connectivity index (χ4v) is 4.05. The summed E-state index contributed by atoms with van der Waals surface area (Å²) in [5, 5.41) is 14.7. The largest absolute Gasteiger partial charge is 0.388 e. The summed E-state index contributed by atoms with van der Waals surface area (Å²) in [6, 6.07) is 8.08. The lowest BCUT2D eigenvalue weighted by Crippen LogP contribution is -2.42. The van der Waals surface area contributed by atoms with Gasteiger partial charge in [-0.25, -0.2) is 13.6 Å². The maximum atomic E-state index is 13.5. The average molecular weight is 529 g/mol. The number of hydrogen-bond donors (Lipinski definition) is 1. The van der Waals surface area contributed by atoms with Crippen LogP contribution in [-0.4, -0.2) is 39.1 Å². The summed E-state index contributed by atoms with van der Waals surface area (Å²) in [6.45, 7) is 5.90. The number of aliphatic hydroxyl groups is 1. The van der Waals surface area contributed by atoms with Gasteiger partial charge in [0.1, 0.15) is 13.3 Å². The van der Waals surface area contributed by atoms with Crippen molar-refractivity contribution in [2.24, 2.45) is 0 Å². The molecule has 0 fully saturated rings. The Balaban J connectivity index is 1.77. The van der Waals surface area contributed by atoms with Gasteiger partial charge in [0.05, 0.1) is 11.8 Å². The fraction of sp³-hybridized carbons (Fsp3) is 0.455. The number of rotatable bonds is 11. The highest BCUT2D eigenvalue weighted by Crippen LogP contribution is 2.20. The van der Waals surface area contributed by atoms with Crippen LogP contribution in [0.2, 0.25) is 30.7 Å². The van der Waals surface area contributed by atoms with E-state index >= 15 is 0 Å². The van der Waals surface area contributed by atoms with Gasteiger partial charge in [-0.05, 0) is 23.7 Å². The van der Waals surface area contributed by atoms with Crippen molar-refractivity contribution in [3.8, 4) is 0 Å². The number of halogens is 3. The zero-order valence-electron chi connectivity index (χ0n) is 19.6.